The van der Waals surface area contributed by atoms with Crippen LogP contribution in [0.3, 0.4) is 0 Å². The predicted octanol–water partition coefficient (Wildman–Crippen LogP) is 5.54. The molecular weight excluding hydrogens is 569 g/mol. The molecule has 38 heavy (non-hydrogen) atoms. The number of unbranched alkanes of at least 4 members (excludes halogenated alkanes) is 8. The second kappa shape index (κ2) is 15.7. The predicted molar refractivity (Wildman–Crippen MR) is 153 cm³/mol. The highest BCUT2D eigenvalue weighted by molar-refractivity contribution is 7.96. The molecule has 0 saturated carbocycles. The van der Waals surface area contributed by atoms with Crippen LogP contribution in [0.25, 0.3) is 0 Å². The van der Waals surface area contributed by atoms with E-state index in [1.165, 1.54) is 0 Å². The molecule has 0 amide bonds. The molecule has 0 fully saturated rings. The van der Waals surface area contributed by atoms with E-state index in [0.29, 0.717) is 32.1 Å². The van der Waals surface area contributed by atoms with Gasteiger partial charge in [-0.1, -0.05) is 79.1 Å². The van der Waals surface area contributed by atoms with Crippen molar-refractivity contribution in [1.29, 1.82) is 0 Å². The Morgan fingerprint density at radius 2 is 0.711 bits per heavy atom. The number of hydrogen-bond acceptors (Lipinski definition) is 8. The fourth-order valence-electron chi connectivity index (χ4n) is 4.11. The standard InChI is InChI=1S/C26H46O8S4/c1-5-9-13-17-35(27,28)23-21-24(36(29,30)18-14-10-6-2)26(38(33,34)20-16-12-8-4)25(22-23)37(31,32)19-15-11-7-3/h21-22H,5-20H2,1-4H3. The van der Waals surface area contributed by atoms with E-state index in [4.69, 9.17) is 0 Å². The zero-order valence-electron chi connectivity index (χ0n) is 23.4. The molecule has 0 radical (unpaired) electrons. The van der Waals surface area contributed by atoms with Gasteiger partial charge in [0.05, 0.1) is 37.7 Å². The van der Waals surface area contributed by atoms with E-state index in [9.17, 15) is 33.7 Å². The van der Waals surface area contributed by atoms with Gasteiger partial charge in [-0.2, -0.15) is 0 Å². The summed E-state index contributed by atoms with van der Waals surface area (Å²) in [5.74, 6) is -1.49. The Labute approximate surface area is 231 Å². The second-order valence-corrected chi connectivity index (χ2v) is 18.2. The molecule has 0 aliphatic carbocycles. The Hall–Kier alpha value is -0.980. The lowest BCUT2D eigenvalue weighted by molar-refractivity contribution is 0.565. The average molecular weight is 615 g/mol. The zero-order chi connectivity index (χ0) is 29.0. The molecule has 8 nitrogen and oxygen atoms in total. The Kier molecular flexibility index (Phi) is 14.5. The Morgan fingerprint density at radius 3 is 1.03 bits per heavy atom. The largest absolute Gasteiger partial charge is 0.224 e. The molecule has 0 aliphatic heterocycles. The van der Waals surface area contributed by atoms with E-state index in [1.807, 2.05) is 27.7 Å². The molecule has 0 atom stereocenters. The summed E-state index contributed by atoms with van der Waals surface area (Å²) >= 11 is 0. The van der Waals surface area contributed by atoms with Gasteiger partial charge in [0.25, 0.3) is 0 Å². The lowest BCUT2D eigenvalue weighted by atomic mass is 10.3. The van der Waals surface area contributed by atoms with Crippen molar-refractivity contribution in [3.8, 4) is 0 Å². The van der Waals surface area contributed by atoms with Gasteiger partial charge in [0.15, 0.2) is 39.3 Å². The summed E-state index contributed by atoms with van der Waals surface area (Å²) in [5, 5.41) is 0. The van der Waals surface area contributed by atoms with E-state index < -0.39 is 76.2 Å². The van der Waals surface area contributed by atoms with Gasteiger partial charge in [0.2, 0.25) is 0 Å². The van der Waals surface area contributed by atoms with Gasteiger partial charge in [0, 0.05) is 0 Å². The van der Waals surface area contributed by atoms with Crippen molar-refractivity contribution < 1.29 is 33.7 Å². The molecule has 1 aromatic carbocycles. The number of rotatable bonds is 20. The van der Waals surface area contributed by atoms with Crippen LogP contribution in [0, 0.1) is 0 Å². The van der Waals surface area contributed by atoms with Gasteiger partial charge in [0.1, 0.15) is 4.90 Å². The van der Waals surface area contributed by atoms with Crippen molar-refractivity contribution >= 4 is 39.3 Å². The van der Waals surface area contributed by atoms with Crippen LogP contribution in [0.1, 0.15) is 105 Å². The molecular formula is C26H46O8S4. The van der Waals surface area contributed by atoms with E-state index >= 15 is 0 Å². The summed E-state index contributed by atoms with van der Waals surface area (Å²) in [6.07, 6.45) is 6.35. The van der Waals surface area contributed by atoms with Crippen molar-refractivity contribution in [2.75, 3.05) is 23.0 Å². The van der Waals surface area contributed by atoms with E-state index in [2.05, 4.69) is 0 Å². The molecule has 0 aromatic heterocycles. The van der Waals surface area contributed by atoms with Crippen LogP contribution >= 0.6 is 0 Å². The second-order valence-electron chi connectivity index (χ2n) is 9.85. The zero-order valence-corrected chi connectivity index (χ0v) is 26.6. The summed E-state index contributed by atoms with van der Waals surface area (Å²) < 4.78 is 108. The molecule has 0 unspecified atom stereocenters. The molecule has 12 heteroatoms. The third-order valence-corrected chi connectivity index (χ3v) is 14.0. The molecule has 0 heterocycles. The van der Waals surface area contributed by atoms with Gasteiger partial charge in [-0.3, -0.25) is 0 Å². The minimum atomic E-state index is -4.36. The van der Waals surface area contributed by atoms with E-state index in [0.717, 1.165) is 37.8 Å². The van der Waals surface area contributed by atoms with Crippen LogP contribution in [0.15, 0.2) is 31.7 Å². The van der Waals surface area contributed by atoms with E-state index in [1.54, 1.807) is 0 Å². The molecule has 0 aliphatic rings. The highest BCUT2D eigenvalue weighted by Gasteiger charge is 2.36. The highest BCUT2D eigenvalue weighted by Crippen LogP contribution is 2.35. The van der Waals surface area contributed by atoms with Crippen LogP contribution in [0.5, 0.6) is 0 Å². The van der Waals surface area contributed by atoms with Crippen molar-refractivity contribution in [3.05, 3.63) is 12.1 Å². The maximum atomic E-state index is 13.6. The molecule has 1 aromatic rings. The number of hydrogen-bond donors (Lipinski definition) is 0. The lowest BCUT2D eigenvalue weighted by Gasteiger charge is -2.18. The van der Waals surface area contributed by atoms with Crippen LogP contribution in [0.4, 0.5) is 0 Å². The third-order valence-electron chi connectivity index (χ3n) is 6.40. The Bertz CT molecular complexity index is 1250. The first-order chi connectivity index (χ1) is 17.7. The van der Waals surface area contributed by atoms with Crippen molar-refractivity contribution in [3.63, 3.8) is 0 Å². The molecule has 0 bridgehead atoms. The van der Waals surface area contributed by atoms with Gasteiger partial charge in [-0.25, -0.2) is 33.7 Å². The monoisotopic (exact) mass is 614 g/mol. The highest BCUT2D eigenvalue weighted by atomic mass is 32.2. The first-order valence-corrected chi connectivity index (χ1v) is 20.4. The van der Waals surface area contributed by atoms with Crippen LogP contribution in [-0.2, 0) is 39.3 Å². The van der Waals surface area contributed by atoms with Crippen molar-refractivity contribution in [1.82, 2.24) is 0 Å². The van der Waals surface area contributed by atoms with Gasteiger partial charge < -0.3 is 0 Å². The number of benzene rings is 1. The molecule has 0 N–H and O–H groups in total. The lowest BCUT2D eigenvalue weighted by Crippen LogP contribution is -2.22. The molecule has 0 saturated heterocycles. The molecule has 1 rings (SSSR count). The van der Waals surface area contributed by atoms with Crippen LogP contribution in [-0.4, -0.2) is 56.7 Å². The topological polar surface area (TPSA) is 137 Å². The maximum Gasteiger partial charge on any atom is 0.180 e. The average Bonchev–Trinajstić information content (AvgIpc) is 2.83. The summed E-state index contributed by atoms with van der Waals surface area (Å²) in [6, 6.07) is 1.78. The Balaban J connectivity index is 4.06. The normalized spacial score (nSPS) is 13.2. The van der Waals surface area contributed by atoms with Gasteiger partial charge in [-0.15, -0.1) is 0 Å². The minimum Gasteiger partial charge on any atom is -0.224 e. The van der Waals surface area contributed by atoms with Crippen LogP contribution in [0.2, 0.25) is 0 Å². The summed E-state index contributed by atoms with van der Waals surface area (Å²) in [7, 11) is -17.0. The Morgan fingerprint density at radius 1 is 0.421 bits per heavy atom. The van der Waals surface area contributed by atoms with Gasteiger partial charge in [-0.05, 0) is 37.8 Å². The molecule has 222 valence electrons. The quantitative estimate of drug-likeness (QED) is 0.175. The first kappa shape index (κ1) is 35.0. The minimum absolute atomic E-state index is 0.237. The summed E-state index contributed by atoms with van der Waals surface area (Å²) in [5.41, 5.74) is 0. The van der Waals surface area contributed by atoms with E-state index in [-0.39, 0.29) is 25.0 Å². The fourth-order valence-corrected chi connectivity index (χ4v) is 11.8. The smallest absolute Gasteiger partial charge is 0.180 e. The molecule has 0 spiro atoms. The summed E-state index contributed by atoms with van der Waals surface area (Å²) in [6.45, 7) is 7.58. The van der Waals surface area contributed by atoms with Crippen LogP contribution < -0.4 is 0 Å². The maximum absolute atomic E-state index is 13.6. The first-order valence-electron chi connectivity index (χ1n) is 13.8. The van der Waals surface area contributed by atoms with Gasteiger partial charge >= 0.3 is 0 Å². The fraction of sp³-hybridized carbons (Fsp3) is 0.769. The van der Waals surface area contributed by atoms with Crippen molar-refractivity contribution in [2.24, 2.45) is 0 Å². The SMILES string of the molecule is CCCCCS(=O)(=O)c1cc(S(=O)(=O)CCCCC)c(S(=O)(=O)CCCCC)c(S(=O)(=O)CCCCC)c1. The van der Waals surface area contributed by atoms with Crippen molar-refractivity contribution in [2.45, 2.75) is 124 Å². The third kappa shape index (κ3) is 10.2. The number of sulfone groups is 4. The summed E-state index contributed by atoms with van der Waals surface area (Å²) in [4.78, 5) is -2.61.